The summed E-state index contributed by atoms with van der Waals surface area (Å²) in [5, 5.41) is 0. The van der Waals surface area contributed by atoms with Crippen LogP contribution in [0.15, 0.2) is 34.1 Å². The van der Waals surface area contributed by atoms with Crippen LogP contribution in [-0.4, -0.2) is 23.5 Å². The monoisotopic (exact) mass is 402 g/mol. The van der Waals surface area contributed by atoms with Gasteiger partial charge in [-0.2, -0.15) is 26.3 Å². The molecular formula is C16H16F6OS2. The predicted octanol–water partition coefficient (Wildman–Crippen LogP) is 6.56. The Balaban J connectivity index is 3.12. The fraction of sp³-hybridized carbons (Fsp3) is 0.438. The van der Waals surface area contributed by atoms with Crippen LogP contribution in [0.5, 0.6) is 0 Å². The van der Waals surface area contributed by atoms with Crippen LogP contribution in [0.4, 0.5) is 26.3 Å². The standard InChI is InChI=1S/C16H16F6OS2/c1-3-24-14(25-4-2)12(16(20,21)22)9-13(23)10-5-7-11(8-6-10)15(17,18)19/h5-8H,3-4,9H2,1-2H3. The number of Topliss-reactive ketones (excluding diaryl/α,β-unsaturated/α-hetero) is 1. The topological polar surface area (TPSA) is 17.1 Å². The van der Waals surface area contributed by atoms with Gasteiger partial charge in [-0.25, -0.2) is 0 Å². The Hall–Kier alpha value is -1.09. The summed E-state index contributed by atoms with van der Waals surface area (Å²) in [6.45, 7) is 3.40. The number of alkyl halides is 6. The van der Waals surface area contributed by atoms with Crippen LogP contribution < -0.4 is 0 Å². The Labute approximate surface area is 150 Å². The molecule has 0 fully saturated rings. The second kappa shape index (κ2) is 9.02. The normalized spacial score (nSPS) is 12.2. The first-order chi connectivity index (χ1) is 11.5. The van der Waals surface area contributed by atoms with E-state index in [4.69, 9.17) is 0 Å². The highest BCUT2D eigenvalue weighted by Gasteiger charge is 2.38. The van der Waals surface area contributed by atoms with Crippen molar-refractivity contribution in [2.75, 3.05) is 11.5 Å². The Morgan fingerprint density at radius 2 is 1.40 bits per heavy atom. The summed E-state index contributed by atoms with van der Waals surface area (Å²) in [6.07, 6.45) is -10.1. The molecule has 0 bridgehead atoms. The van der Waals surface area contributed by atoms with Gasteiger partial charge in [0.25, 0.3) is 0 Å². The maximum absolute atomic E-state index is 13.3. The first-order valence-electron chi connectivity index (χ1n) is 7.27. The van der Waals surface area contributed by atoms with Crippen LogP contribution in [0.1, 0.15) is 36.2 Å². The van der Waals surface area contributed by atoms with Gasteiger partial charge in [-0.15, -0.1) is 23.5 Å². The number of thioether (sulfide) groups is 2. The number of carbonyl (C=O) groups is 1. The van der Waals surface area contributed by atoms with Crippen LogP contribution in [0, 0.1) is 0 Å². The van der Waals surface area contributed by atoms with Gasteiger partial charge in [0.1, 0.15) is 0 Å². The smallest absolute Gasteiger partial charge is 0.294 e. The average molecular weight is 402 g/mol. The number of carbonyl (C=O) groups excluding carboxylic acids is 1. The molecule has 1 aromatic carbocycles. The number of ketones is 1. The molecule has 1 rings (SSSR count). The number of rotatable bonds is 7. The van der Waals surface area contributed by atoms with E-state index in [9.17, 15) is 31.1 Å². The van der Waals surface area contributed by atoms with E-state index in [2.05, 4.69) is 0 Å². The molecular weight excluding hydrogens is 386 g/mol. The van der Waals surface area contributed by atoms with Crippen molar-refractivity contribution in [3.8, 4) is 0 Å². The van der Waals surface area contributed by atoms with Gasteiger partial charge in [0.05, 0.1) is 11.1 Å². The zero-order valence-electron chi connectivity index (χ0n) is 13.4. The van der Waals surface area contributed by atoms with Crippen molar-refractivity contribution < 1.29 is 31.1 Å². The zero-order chi connectivity index (χ0) is 19.3. The largest absolute Gasteiger partial charge is 0.416 e. The number of hydrogen-bond acceptors (Lipinski definition) is 3. The van der Waals surface area contributed by atoms with Gasteiger partial charge in [0, 0.05) is 16.2 Å². The molecule has 0 spiro atoms. The van der Waals surface area contributed by atoms with Crippen molar-refractivity contribution in [1.29, 1.82) is 0 Å². The van der Waals surface area contributed by atoms with Gasteiger partial charge in [-0.1, -0.05) is 26.0 Å². The van der Waals surface area contributed by atoms with Crippen molar-refractivity contribution in [3.05, 3.63) is 45.2 Å². The summed E-state index contributed by atoms with van der Waals surface area (Å²) in [4.78, 5) is 12.1. The lowest BCUT2D eigenvalue weighted by atomic mass is 10.0. The summed E-state index contributed by atoms with van der Waals surface area (Å²) in [5.74, 6) is -0.0424. The Morgan fingerprint density at radius 3 is 1.76 bits per heavy atom. The molecule has 0 aromatic heterocycles. The Kier molecular flexibility index (Phi) is 7.92. The van der Waals surface area contributed by atoms with E-state index in [1.54, 1.807) is 13.8 Å². The molecule has 0 N–H and O–H groups in total. The first kappa shape index (κ1) is 22.0. The highest BCUT2D eigenvalue weighted by atomic mass is 32.2. The van der Waals surface area contributed by atoms with Gasteiger partial charge in [-0.05, 0) is 23.6 Å². The molecule has 0 saturated heterocycles. The zero-order valence-corrected chi connectivity index (χ0v) is 15.1. The molecule has 0 atom stereocenters. The molecule has 1 aromatic rings. The molecule has 0 unspecified atom stereocenters. The fourth-order valence-corrected chi connectivity index (χ4v) is 4.16. The van der Waals surface area contributed by atoms with Crippen molar-refractivity contribution >= 4 is 29.3 Å². The van der Waals surface area contributed by atoms with Gasteiger partial charge in [0.15, 0.2) is 5.78 Å². The van der Waals surface area contributed by atoms with Crippen molar-refractivity contribution in [2.45, 2.75) is 32.6 Å². The van der Waals surface area contributed by atoms with Crippen molar-refractivity contribution in [1.82, 2.24) is 0 Å². The lowest BCUT2D eigenvalue weighted by Gasteiger charge is -2.16. The quantitative estimate of drug-likeness (QED) is 0.380. The van der Waals surface area contributed by atoms with E-state index < -0.39 is 35.7 Å². The van der Waals surface area contributed by atoms with E-state index in [1.807, 2.05) is 0 Å². The summed E-state index contributed by atoms with van der Waals surface area (Å²) in [7, 11) is 0. The summed E-state index contributed by atoms with van der Waals surface area (Å²) >= 11 is 2.00. The number of benzene rings is 1. The average Bonchev–Trinajstić information content (AvgIpc) is 2.50. The SMILES string of the molecule is CCSC(SCC)=C(CC(=O)c1ccc(C(F)(F)F)cc1)C(F)(F)F. The first-order valence-corrected chi connectivity index (χ1v) is 9.24. The molecule has 0 radical (unpaired) electrons. The van der Waals surface area contributed by atoms with Gasteiger partial charge < -0.3 is 0 Å². The molecule has 0 aliphatic heterocycles. The van der Waals surface area contributed by atoms with E-state index >= 15 is 0 Å². The molecule has 140 valence electrons. The molecule has 25 heavy (non-hydrogen) atoms. The van der Waals surface area contributed by atoms with Gasteiger partial charge in [0.2, 0.25) is 0 Å². The number of halogens is 6. The lowest BCUT2D eigenvalue weighted by molar-refractivity contribution is -0.137. The van der Waals surface area contributed by atoms with Gasteiger partial charge in [-0.3, -0.25) is 4.79 Å². The summed E-state index contributed by atoms with van der Waals surface area (Å²) in [6, 6.07) is 3.18. The maximum Gasteiger partial charge on any atom is 0.416 e. The van der Waals surface area contributed by atoms with Crippen LogP contribution in [0.3, 0.4) is 0 Å². The van der Waals surface area contributed by atoms with E-state index in [0.29, 0.717) is 23.6 Å². The minimum Gasteiger partial charge on any atom is -0.294 e. The van der Waals surface area contributed by atoms with E-state index in [-0.39, 0.29) is 9.80 Å². The van der Waals surface area contributed by atoms with Crippen LogP contribution in [-0.2, 0) is 6.18 Å². The molecule has 9 heteroatoms. The fourth-order valence-electron chi connectivity index (χ4n) is 1.87. The van der Waals surface area contributed by atoms with Crippen LogP contribution in [0.2, 0.25) is 0 Å². The predicted molar refractivity (Wildman–Crippen MR) is 89.7 cm³/mol. The molecule has 0 aliphatic rings. The van der Waals surface area contributed by atoms with E-state index in [1.165, 1.54) is 0 Å². The second-order valence-corrected chi connectivity index (χ2v) is 7.61. The van der Waals surface area contributed by atoms with E-state index in [0.717, 1.165) is 35.7 Å². The van der Waals surface area contributed by atoms with Crippen molar-refractivity contribution in [2.24, 2.45) is 0 Å². The number of allylic oxidation sites excluding steroid dienone is 1. The Bertz CT molecular complexity index is 609. The third kappa shape index (κ3) is 6.62. The van der Waals surface area contributed by atoms with Crippen LogP contribution in [0.25, 0.3) is 0 Å². The summed E-state index contributed by atoms with van der Waals surface area (Å²) in [5.41, 5.74) is -2.09. The lowest BCUT2D eigenvalue weighted by Crippen LogP contribution is -2.17. The molecule has 1 nitrogen and oxygen atoms in total. The Morgan fingerprint density at radius 1 is 0.920 bits per heavy atom. The van der Waals surface area contributed by atoms with Crippen LogP contribution >= 0.6 is 23.5 Å². The maximum atomic E-state index is 13.3. The highest BCUT2D eigenvalue weighted by molar-refractivity contribution is 8.22. The molecule has 0 saturated carbocycles. The third-order valence-corrected chi connectivity index (χ3v) is 5.31. The minimum atomic E-state index is -4.68. The minimum absolute atomic E-state index is 0.0257. The summed E-state index contributed by atoms with van der Waals surface area (Å²) < 4.78 is 77.6. The molecule has 0 heterocycles. The second-order valence-electron chi connectivity index (χ2n) is 4.80. The third-order valence-electron chi connectivity index (χ3n) is 3.01. The van der Waals surface area contributed by atoms with Gasteiger partial charge >= 0.3 is 12.4 Å². The highest BCUT2D eigenvalue weighted by Crippen LogP contribution is 2.41. The molecule has 0 aliphatic carbocycles. The number of hydrogen-bond donors (Lipinski definition) is 0. The van der Waals surface area contributed by atoms with Crippen molar-refractivity contribution in [3.63, 3.8) is 0 Å². The molecule has 0 amide bonds.